The molecular formula is C19H38N2. The molecule has 0 bridgehead atoms. The van der Waals surface area contributed by atoms with E-state index in [-0.39, 0.29) is 0 Å². The number of rotatable bonds is 4. The lowest BCUT2D eigenvalue weighted by Crippen LogP contribution is -2.48. The first kappa shape index (κ1) is 17.3. The molecule has 0 aromatic rings. The molecule has 0 radical (unpaired) electrons. The van der Waals surface area contributed by atoms with Crippen LogP contribution in [0.15, 0.2) is 0 Å². The number of likely N-dealkylation sites (tertiary alicyclic amines) is 1. The SMILES string of the molecule is CNC1CCC(C(C)(C)C)CC1CN1CCCC1C(C)C. The molecule has 1 saturated heterocycles. The zero-order valence-electron chi connectivity index (χ0n) is 15.3. The molecule has 1 aliphatic heterocycles. The monoisotopic (exact) mass is 294 g/mol. The van der Waals surface area contributed by atoms with E-state index in [9.17, 15) is 0 Å². The van der Waals surface area contributed by atoms with Crippen LogP contribution in [0, 0.1) is 23.2 Å². The Kier molecular flexibility index (Phi) is 5.76. The largest absolute Gasteiger partial charge is 0.317 e. The summed E-state index contributed by atoms with van der Waals surface area (Å²) in [6, 6.07) is 1.56. The molecule has 1 aliphatic carbocycles. The molecule has 2 aliphatic rings. The van der Waals surface area contributed by atoms with Crippen LogP contribution >= 0.6 is 0 Å². The van der Waals surface area contributed by atoms with Gasteiger partial charge in [0.05, 0.1) is 0 Å². The van der Waals surface area contributed by atoms with E-state index < -0.39 is 0 Å². The maximum absolute atomic E-state index is 3.62. The third-order valence-corrected chi connectivity index (χ3v) is 6.23. The van der Waals surface area contributed by atoms with Crippen LogP contribution in [0.1, 0.15) is 66.7 Å². The average Bonchev–Trinajstić information content (AvgIpc) is 2.86. The Bertz CT molecular complexity index is 318. The van der Waals surface area contributed by atoms with Crippen molar-refractivity contribution in [2.24, 2.45) is 23.2 Å². The Hall–Kier alpha value is -0.0800. The van der Waals surface area contributed by atoms with Gasteiger partial charge in [0.25, 0.3) is 0 Å². The molecule has 2 fully saturated rings. The van der Waals surface area contributed by atoms with E-state index in [1.54, 1.807) is 0 Å². The molecule has 4 atom stereocenters. The van der Waals surface area contributed by atoms with Gasteiger partial charge < -0.3 is 5.32 Å². The van der Waals surface area contributed by atoms with Gasteiger partial charge in [0.2, 0.25) is 0 Å². The highest BCUT2D eigenvalue weighted by atomic mass is 15.2. The van der Waals surface area contributed by atoms with Gasteiger partial charge >= 0.3 is 0 Å². The molecule has 124 valence electrons. The molecule has 2 nitrogen and oxygen atoms in total. The van der Waals surface area contributed by atoms with Crippen LogP contribution in [0.25, 0.3) is 0 Å². The van der Waals surface area contributed by atoms with Crippen molar-refractivity contribution in [1.82, 2.24) is 10.2 Å². The van der Waals surface area contributed by atoms with Crippen LogP contribution in [0.2, 0.25) is 0 Å². The van der Waals surface area contributed by atoms with Crippen molar-refractivity contribution in [2.75, 3.05) is 20.1 Å². The van der Waals surface area contributed by atoms with E-state index in [0.29, 0.717) is 5.41 Å². The van der Waals surface area contributed by atoms with E-state index in [1.807, 2.05) is 0 Å². The van der Waals surface area contributed by atoms with E-state index in [4.69, 9.17) is 0 Å². The summed E-state index contributed by atoms with van der Waals surface area (Å²) >= 11 is 0. The minimum atomic E-state index is 0.472. The standard InChI is InChI=1S/C19H38N2/c1-14(2)18-8-7-11-21(18)13-15-12-16(19(3,4)5)9-10-17(15)20-6/h14-18,20H,7-13H2,1-6H3. The van der Waals surface area contributed by atoms with Crippen molar-refractivity contribution >= 4 is 0 Å². The molecule has 0 aromatic heterocycles. The summed E-state index contributed by atoms with van der Waals surface area (Å²) in [5.74, 6) is 2.54. The lowest BCUT2D eigenvalue weighted by Gasteiger charge is -2.44. The summed E-state index contributed by atoms with van der Waals surface area (Å²) in [5.41, 5.74) is 0.472. The van der Waals surface area contributed by atoms with Gasteiger partial charge in [0.15, 0.2) is 0 Å². The van der Waals surface area contributed by atoms with Crippen molar-refractivity contribution in [1.29, 1.82) is 0 Å². The summed E-state index contributed by atoms with van der Waals surface area (Å²) in [6.07, 6.45) is 7.00. The summed E-state index contributed by atoms with van der Waals surface area (Å²) in [7, 11) is 2.17. The third kappa shape index (κ3) is 4.22. The van der Waals surface area contributed by atoms with E-state index in [1.165, 1.54) is 45.2 Å². The maximum Gasteiger partial charge on any atom is 0.0119 e. The minimum Gasteiger partial charge on any atom is -0.317 e. The summed E-state index contributed by atoms with van der Waals surface area (Å²) in [6.45, 7) is 14.7. The summed E-state index contributed by atoms with van der Waals surface area (Å²) < 4.78 is 0. The lowest BCUT2D eigenvalue weighted by atomic mass is 9.67. The van der Waals surface area contributed by atoms with Crippen LogP contribution in [0.5, 0.6) is 0 Å². The highest BCUT2D eigenvalue weighted by Gasteiger charge is 2.37. The highest BCUT2D eigenvalue weighted by Crippen LogP contribution is 2.41. The van der Waals surface area contributed by atoms with Gasteiger partial charge in [-0.1, -0.05) is 34.6 Å². The van der Waals surface area contributed by atoms with E-state index in [2.05, 4.69) is 51.9 Å². The Morgan fingerprint density at radius 1 is 1.14 bits per heavy atom. The Morgan fingerprint density at radius 3 is 2.43 bits per heavy atom. The molecule has 2 heteroatoms. The van der Waals surface area contributed by atoms with E-state index >= 15 is 0 Å². The maximum atomic E-state index is 3.62. The van der Waals surface area contributed by atoms with Gasteiger partial charge in [-0.15, -0.1) is 0 Å². The van der Waals surface area contributed by atoms with Gasteiger partial charge in [-0.2, -0.15) is 0 Å². The van der Waals surface area contributed by atoms with Gasteiger partial charge in [0.1, 0.15) is 0 Å². The number of hydrogen-bond acceptors (Lipinski definition) is 2. The van der Waals surface area contributed by atoms with Crippen LogP contribution in [-0.4, -0.2) is 37.1 Å². The lowest BCUT2D eigenvalue weighted by molar-refractivity contribution is 0.0794. The van der Waals surface area contributed by atoms with Crippen LogP contribution < -0.4 is 5.32 Å². The topological polar surface area (TPSA) is 15.3 Å². The van der Waals surface area contributed by atoms with Crippen molar-refractivity contribution in [2.45, 2.75) is 78.8 Å². The first-order valence-corrected chi connectivity index (χ1v) is 9.24. The normalized spacial score (nSPS) is 35.6. The predicted octanol–water partition coefficient (Wildman–Crippen LogP) is 4.16. The number of nitrogens with zero attached hydrogens (tertiary/aromatic N) is 1. The van der Waals surface area contributed by atoms with Crippen molar-refractivity contribution < 1.29 is 0 Å². The van der Waals surface area contributed by atoms with Gasteiger partial charge in [-0.3, -0.25) is 4.90 Å². The van der Waals surface area contributed by atoms with Crippen LogP contribution in [-0.2, 0) is 0 Å². The molecule has 0 aromatic carbocycles. The summed E-state index contributed by atoms with van der Waals surface area (Å²) in [5, 5.41) is 3.62. The minimum absolute atomic E-state index is 0.472. The fraction of sp³-hybridized carbons (Fsp3) is 1.00. The van der Waals surface area contributed by atoms with Crippen LogP contribution in [0.4, 0.5) is 0 Å². The van der Waals surface area contributed by atoms with Gasteiger partial charge in [-0.05, 0) is 68.9 Å². The molecular weight excluding hydrogens is 256 g/mol. The summed E-state index contributed by atoms with van der Waals surface area (Å²) in [4.78, 5) is 2.81. The second-order valence-electron chi connectivity index (χ2n) is 8.98. The van der Waals surface area contributed by atoms with E-state index in [0.717, 1.165) is 29.8 Å². The highest BCUT2D eigenvalue weighted by molar-refractivity contribution is 4.92. The quantitative estimate of drug-likeness (QED) is 0.837. The van der Waals surface area contributed by atoms with Crippen molar-refractivity contribution in [3.63, 3.8) is 0 Å². The first-order valence-electron chi connectivity index (χ1n) is 9.24. The van der Waals surface area contributed by atoms with Crippen molar-refractivity contribution in [3.05, 3.63) is 0 Å². The average molecular weight is 295 g/mol. The Morgan fingerprint density at radius 2 is 1.86 bits per heavy atom. The molecule has 0 amide bonds. The second-order valence-corrected chi connectivity index (χ2v) is 8.98. The van der Waals surface area contributed by atoms with Gasteiger partial charge in [-0.25, -0.2) is 0 Å². The molecule has 0 spiro atoms. The molecule has 1 heterocycles. The predicted molar refractivity (Wildman–Crippen MR) is 92.6 cm³/mol. The zero-order valence-corrected chi connectivity index (χ0v) is 15.3. The number of hydrogen-bond donors (Lipinski definition) is 1. The molecule has 1 N–H and O–H groups in total. The fourth-order valence-corrected chi connectivity index (χ4v) is 4.77. The van der Waals surface area contributed by atoms with Crippen molar-refractivity contribution in [3.8, 4) is 0 Å². The zero-order chi connectivity index (χ0) is 15.6. The molecule has 4 unspecified atom stereocenters. The number of nitrogens with one attached hydrogen (secondary N) is 1. The molecule has 21 heavy (non-hydrogen) atoms. The Labute approximate surface area is 133 Å². The fourth-order valence-electron chi connectivity index (χ4n) is 4.77. The molecule has 1 saturated carbocycles. The van der Waals surface area contributed by atoms with Crippen LogP contribution in [0.3, 0.4) is 0 Å². The Balaban J connectivity index is 2.00. The smallest absolute Gasteiger partial charge is 0.0119 e. The molecule has 2 rings (SSSR count). The first-order chi connectivity index (χ1) is 9.82. The van der Waals surface area contributed by atoms with Gasteiger partial charge in [0, 0.05) is 18.6 Å². The second kappa shape index (κ2) is 7.00. The third-order valence-electron chi connectivity index (χ3n) is 6.23.